The second-order valence-electron chi connectivity index (χ2n) is 7.04. The summed E-state index contributed by atoms with van der Waals surface area (Å²) >= 11 is 2.91. The Morgan fingerprint density at radius 1 is 1.24 bits per heavy atom. The Bertz CT molecular complexity index is 1390. The van der Waals surface area contributed by atoms with Crippen molar-refractivity contribution in [1.82, 2.24) is 9.13 Å². The number of rotatable bonds is 6. The summed E-state index contributed by atoms with van der Waals surface area (Å²) in [6, 6.07) is 11.5. The van der Waals surface area contributed by atoms with Crippen LogP contribution in [0.4, 0.5) is 13.6 Å². The molecule has 0 fully saturated rings. The molecule has 2 aromatic carbocycles. The monoisotopic (exact) mass is 555 g/mol. The van der Waals surface area contributed by atoms with Crippen LogP contribution >= 0.6 is 23.5 Å². The highest BCUT2D eigenvalue weighted by atomic mass is 79.9. The molecule has 0 spiro atoms. The number of benzene rings is 2. The van der Waals surface area contributed by atoms with Crippen LogP contribution in [0, 0.1) is 11.3 Å². The van der Waals surface area contributed by atoms with Crippen LogP contribution < -0.4 is 5.69 Å². The van der Waals surface area contributed by atoms with Gasteiger partial charge >= 0.3 is 25.0 Å². The molecular weight excluding hydrogens is 539 g/mol. The molecule has 1 aromatic heterocycles. The fourth-order valence-electron chi connectivity index (χ4n) is 3.14. The first kappa shape index (κ1) is 25.5. The molecular formula is C21H17BrF2N3O6P. The third-order valence-electron chi connectivity index (χ3n) is 4.82. The molecule has 0 amide bonds. The molecule has 2 N–H and O–H groups in total. The molecule has 9 nitrogen and oxygen atoms in total. The van der Waals surface area contributed by atoms with Gasteiger partial charge in [0.25, 0.3) is 0 Å². The van der Waals surface area contributed by atoms with Crippen LogP contribution in [-0.4, -0.2) is 31.6 Å². The van der Waals surface area contributed by atoms with E-state index in [2.05, 4.69) is 15.9 Å². The molecule has 0 unspecified atom stereocenters. The van der Waals surface area contributed by atoms with E-state index in [1.807, 2.05) is 6.07 Å². The quantitative estimate of drug-likeness (QED) is 0.434. The first-order chi connectivity index (χ1) is 15.9. The molecule has 13 heteroatoms. The predicted octanol–water partition coefficient (Wildman–Crippen LogP) is 4.23. The van der Waals surface area contributed by atoms with Crippen LogP contribution in [-0.2, 0) is 21.5 Å². The van der Waals surface area contributed by atoms with Gasteiger partial charge in [-0.1, -0.05) is 40.2 Å². The number of alkyl halides is 2. The number of hydrogen-bond donors (Lipinski definition) is 2. The lowest BCUT2D eigenvalue weighted by Crippen LogP contribution is -2.30. The Morgan fingerprint density at radius 3 is 2.41 bits per heavy atom. The van der Waals surface area contributed by atoms with E-state index in [0.717, 1.165) is 10.6 Å². The number of nitriles is 1. The molecule has 0 aliphatic rings. The van der Waals surface area contributed by atoms with Crippen LogP contribution in [0.1, 0.15) is 23.6 Å². The molecule has 0 radical (unpaired) electrons. The molecule has 0 saturated carbocycles. The number of halogens is 3. The van der Waals surface area contributed by atoms with Gasteiger partial charge in [0.05, 0.1) is 30.5 Å². The summed E-state index contributed by atoms with van der Waals surface area (Å²) in [5, 5.41) is 9.01. The summed E-state index contributed by atoms with van der Waals surface area (Å²) in [5.74, 6) is 0. The summed E-state index contributed by atoms with van der Waals surface area (Å²) in [4.78, 5) is 43.2. The normalized spacial score (nSPS) is 11.8. The molecule has 1 heterocycles. The first-order valence-electron chi connectivity index (χ1n) is 9.63. The van der Waals surface area contributed by atoms with Gasteiger partial charge in [-0.05, 0) is 36.2 Å². The van der Waals surface area contributed by atoms with Gasteiger partial charge in [0.1, 0.15) is 0 Å². The van der Waals surface area contributed by atoms with Crippen LogP contribution in [0.3, 0.4) is 0 Å². The summed E-state index contributed by atoms with van der Waals surface area (Å²) in [5.41, 5.74) is -4.57. The third-order valence-corrected chi connectivity index (χ3v) is 6.45. The predicted molar refractivity (Wildman–Crippen MR) is 120 cm³/mol. The Labute approximate surface area is 200 Å². The minimum atomic E-state index is -5.77. The second-order valence-corrected chi connectivity index (χ2v) is 9.54. The molecule has 178 valence electrons. The van der Waals surface area contributed by atoms with E-state index in [1.54, 1.807) is 19.1 Å². The molecule has 3 aromatic rings. The van der Waals surface area contributed by atoms with Crippen LogP contribution in [0.2, 0.25) is 0 Å². The molecule has 0 aliphatic heterocycles. The fraction of sp³-hybridized carbons (Fsp3) is 0.190. The Kier molecular flexibility index (Phi) is 7.24. The highest BCUT2D eigenvalue weighted by Crippen LogP contribution is 2.60. The number of aromatic nitrogens is 2. The number of carbonyl (C=O) groups is 1. The first-order valence-corrected chi connectivity index (χ1v) is 12.0. The van der Waals surface area contributed by atoms with Gasteiger partial charge in [-0.3, -0.25) is 9.13 Å². The maximum absolute atomic E-state index is 14.1. The average molecular weight is 556 g/mol. The van der Waals surface area contributed by atoms with E-state index in [9.17, 15) is 22.9 Å². The minimum Gasteiger partial charge on any atom is -0.449 e. The van der Waals surface area contributed by atoms with Crippen molar-refractivity contribution in [1.29, 1.82) is 5.26 Å². The minimum absolute atomic E-state index is 0.0326. The lowest BCUT2D eigenvalue weighted by molar-refractivity contribution is 0.0557. The molecule has 0 atom stereocenters. The summed E-state index contributed by atoms with van der Waals surface area (Å²) in [6.45, 7) is 1.44. The smallest absolute Gasteiger partial charge is 0.422 e. The summed E-state index contributed by atoms with van der Waals surface area (Å²) in [7, 11) is -5.77. The highest BCUT2D eigenvalue weighted by Gasteiger charge is 2.51. The number of carbonyl (C=O) groups excluding carboxylic acids is 1. The topological polar surface area (TPSA) is 135 Å². The van der Waals surface area contributed by atoms with Crippen molar-refractivity contribution in [3.8, 4) is 17.3 Å². The number of ether oxygens (including phenoxy) is 1. The zero-order valence-electron chi connectivity index (χ0n) is 17.5. The zero-order valence-corrected chi connectivity index (χ0v) is 20.0. The van der Waals surface area contributed by atoms with Crippen molar-refractivity contribution in [3.05, 3.63) is 80.3 Å². The molecule has 0 bridgehead atoms. The molecule has 3 rings (SSSR count). The second kappa shape index (κ2) is 9.64. The van der Waals surface area contributed by atoms with Gasteiger partial charge < -0.3 is 14.5 Å². The molecule has 0 aliphatic carbocycles. The zero-order chi connectivity index (χ0) is 25.3. The lowest BCUT2D eigenvalue weighted by Gasteiger charge is -2.19. The van der Waals surface area contributed by atoms with E-state index in [4.69, 9.17) is 19.8 Å². The van der Waals surface area contributed by atoms with E-state index < -0.39 is 30.6 Å². The van der Waals surface area contributed by atoms with Gasteiger partial charge in [0.15, 0.2) is 0 Å². The van der Waals surface area contributed by atoms with Gasteiger partial charge in [0.2, 0.25) is 0 Å². The van der Waals surface area contributed by atoms with Crippen LogP contribution in [0.15, 0.2) is 57.9 Å². The summed E-state index contributed by atoms with van der Waals surface area (Å²) in [6.07, 6.45) is 0.367. The number of hydrogen-bond acceptors (Lipinski definition) is 5. The third kappa shape index (κ3) is 4.88. The van der Waals surface area contributed by atoms with Crippen molar-refractivity contribution < 1.29 is 32.7 Å². The van der Waals surface area contributed by atoms with Gasteiger partial charge in [-0.2, -0.15) is 14.0 Å². The summed E-state index contributed by atoms with van der Waals surface area (Å²) < 4.78 is 46.1. The van der Waals surface area contributed by atoms with E-state index in [-0.39, 0.29) is 17.6 Å². The van der Waals surface area contributed by atoms with Crippen LogP contribution in [0.5, 0.6) is 0 Å². The van der Waals surface area contributed by atoms with Crippen molar-refractivity contribution >= 4 is 29.6 Å². The maximum atomic E-state index is 14.1. The fourth-order valence-corrected chi connectivity index (χ4v) is 4.48. The van der Waals surface area contributed by atoms with E-state index in [0.29, 0.717) is 22.4 Å². The lowest BCUT2D eigenvalue weighted by atomic mass is 10.1. The number of imidazole rings is 1. The van der Waals surface area contributed by atoms with Crippen molar-refractivity contribution in [3.63, 3.8) is 0 Å². The standard InChI is InChI=1S/C21H17BrF2N3O6P/c1-2-33-20(29)27-12-18(15-6-3-13(10-25)4-7-15)26(19(27)28)11-14-5-8-16(17(22)9-14)21(23,24)34(30,31)32/h3-9,12H,2,11H2,1H3,(H2,30,31,32). The SMILES string of the molecule is CCOC(=O)n1cc(-c2ccc(C#N)cc2)n(Cc2ccc(C(F)(F)P(=O)(O)O)c(Br)c2)c1=O. The van der Waals surface area contributed by atoms with Crippen molar-refractivity contribution in [2.75, 3.05) is 6.61 Å². The molecule has 0 saturated heterocycles. The Morgan fingerprint density at radius 2 is 1.88 bits per heavy atom. The van der Waals surface area contributed by atoms with Crippen molar-refractivity contribution in [2.24, 2.45) is 0 Å². The van der Waals surface area contributed by atoms with Gasteiger partial charge in [-0.15, -0.1) is 0 Å². The van der Waals surface area contributed by atoms with Crippen LogP contribution in [0.25, 0.3) is 11.3 Å². The largest absolute Gasteiger partial charge is 0.449 e. The van der Waals surface area contributed by atoms with E-state index >= 15 is 0 Å². The van der Waals surface area contributed by atoms with E-state index in [1.165, 1.54) is 35.0 Å². The maximum Gasteiger partial charge on any atom is 0.422 e. The Balaban J connectivity index is 2.09. The molecule has 34 heavy (non-hydrogen) atoms. The highest BCUT2D eigenvalue weighted by molar-refractivity contribution is 9.10. The van der Waals surface area contributed by atoms with Gasteiger partial charge in [0, 0.05) is 16.2 Å². The van der Waals surface area contributed by atoms with Crippen molar-refractivity contribution in [2.45, 2.75) is 19.1 Å². The van der Waals surface area contributed by atoms with Gasteiger partial charge in [-0.25, -0.2) is 14.2 Å². The average Bonchev–Trinajstić information content (AvgIpc) is 3.09. The Hall–Kier alpha value is -3.10. The number of nitrogens with zero attached hydrogens (tertiary/aromatic N) is 3.